The Hall–Kier alpha value is -2.18. The van der Waals surface area contributed by atoms with E-state index in [4.69, 9.17) is 25.5 Å². The summed E-state index contributed by atoms with van der Waals surface area (Å²) in [7, 11) is 3.19. The number of hydrogen-bond acceptors (Lipinski definition) is 6. The molecule has 0 amide bonds. The van der Waals surface area contributed by atoms with Gasteiger partial charge in [-0.1, -0.05) is 41.6 Å². The van der Waals surface area contributed by atoms with Crippen LogP contribution < -0.4 is 9.47 Å². The average Bonchev–Trinajstić information content (AvgIpc) is 3.10. The fourth-order valence-corrected chi connectivity index (χ4v) is 3.54. The minimum absolute atomic E-state index is 0.0850. The normalized spacial score (nSPS) is 12.0. The van der Waals surface area contributed by atoms with Crippen LogP contribution in [-0.4, -0.2) is 24.4 Å². The van der Waals surface area contributed by atoms with Crippen molar-refractivity contribution in [1.82, 2.24) is 10.2 Å². The van der Waals surface area contributed by atoms with E-state index in [0.29, 0.717) is 22.6 Å². The van der Waals surface area contributed by atoms with Gasteiger partial charge in [0.05, 0.1) is 14.2 Å². The van der Waals surface area contributed by atoms with Gasteiger partial charge in [-0.15, -0.1) is 10.2 Å². The van der Waals surface area contributed by atoms with E-state index in [0.717, 1.165) is 16.1 Å². The summed E-state index contributed by atoms with van der Waals surface area (Å²) in [5.41, 5.74) is 1.76. The number of ether oxygens (including phenoxy) is 2. The molecule has 3 rings (SSSR count). The zero-order valence-corrected chi connectivity index (χ0v) is 15.6. The van der Waals surface area contributed by atoms with Crippen molar-refractivity contribution in [3.05, 3.63) is 53.1 Å². The molecule has 1 heterocycles. The molecule has 0 radical (unpaired) electrons. The van der Waals surface area contributed by atoms with Crippen molar-refractivity contribution in [2.75, 3.05) is 14.2 Å². The molecule has 7 heteroatoms. The van der Waals surface area contributed by atoms with E-state index >= 15 is 0 Å². The summed E-state index contributed by atoms with van der Waals surface area (Å²) in [6.45, 7) is 2.05. The Morgan fingerprint density at radius 1 is 1.04 bits per heavy atom. The average molecular weight is 377 g/mol. The predicted octanol–water partition coefficient (Wildman–Crippen LogP) is 5.26. The van der Waals surface area contributed by atoms with Crippen molar-refractivity contribution >= 4 is 23.4 Å². The maximum Gasteiger partial charge on any atom is 0.277 e. The van der Waals surface area contributed by atoms with Crippen LogP contribution in [0, 0.1) is 0 Å². The monoisotopic (exact) mass is 376 g/mol. The first kappa shape index (κ1) is 17.6. The molecule has 3 aromatic rings. The first-order chi connectivity index (χ1) is 12.1. The van der Waals surface area contributed by atoms with Gasteiger partial charge < -0.3 is 13.9 Å². The molecule has 0 N–H and O–H groups in total. The highest BCUT2D eigenvalue weighted by molar-refractivity contribution is 7.99. The van der Waals surface area contributed by atoms with E-state index in [1.165, 1.54) is 11.8 Å². The smallest absolute Gasteiger partial charge is 0.277 e. The lowest BCUT2D eigenvalue weighted by molar-refractivity contribution is 0.394. The van der Waals surface area contributed by atoms with Gasteiger partial charge in [-0.05, 0) is 30.7 Å². The number of aromatic nitrogens is 2. The first-order valence-electron chi connectivity index (χ1n) is 7.58. The second-order valence-electron chi connectivity index (χ2n) is 5.26. The minimum atomic E-state index is 0.0850. The fourth-order valence-electron chi connectivity index (χ4n) is 2.32. The molecule has 0 fully saturated rings. The first-order valence-corrected chi connectivity index (χ1v) is 8.84. The highest BCUT2D eigenvalue weighted by Crippen LogP contribution is 2.38. The van der Waals surface area contributed by atoms with Crippen LogP contribution in [0.2, 0.25) is 5.02 Å². The van der Waals surface area contributed by atoms with Gasteiger partial charge >= 0.3 is 0 Å². The minimum Gasteiger partial charge on any atom is -0.497 e. The molecule has 0 aliphatic rings. The summed E-state index contributed by atoms with van der Waals surface area (Å²) in [6, 6.07) is 13.2. The molecule has 0 bridgehead atoms. The lowest BCUT2D eigenvalue weighted by Gasteiger charge is -2.10. The quantitative estimate of drug-likeness (QED) is 0.547. The lowest BCUT2D eigenvalue weighted by atomic mass is 10.2. The van der Waals surface area contributed by atoms with Crippen LogP contribution in [0.3, 0.4) is 0 Å². The second-order valence-corrected chi connectivity index (χ2v) is 6.96. The molecule has 130 valence electrons. The molecule has 0 saturated carbocycles. The molecule has 0 saturated heterocycles. The zero-order chi connectivity index (χ0) is 17.8. The number of benzene rings is 2. The maximum atomic E-state index is 6.25. The molecule has 0 spiro atoms. The van der Waals surface area contributed by atoms with Crippen LogP contribution in [0.15, 0.2) is 52.1 Å². The second kappa shape index (κ2) is 7.80. The lowest BCUT2D eigenvalue weighted by Crippen LogP contribution is -1.89. The van der Waals surface area contributed by atoms with E-state index in [1.807, 2.05) is 43.3 Å². The molecule has 1 aromatic heterocycles. The van der Waals surface area contributed by atoms with Gasteiger partial charge in [0.15, 0.2) is 0 Å². The van der Waals surface area contributed by atoms with Crippen LogP contribution in [0.1, 0.15) is 17.7 Å². The fraction of sp³-hybridized carbons (Fsp3) is 0.222. The summed E-state index contributed by atoms with van der Waals surface area (Å²) >= 11 is 7.70. The third kappa shape index (κ3) is 4.08. The summed E-state index contributed by atoms with van der Waals surface area (Å²) < 4.78 is 16.3. The zero-order valence-electron chi connectivity index (χ0n) is 14.0. The molecule has 0 aliphatic carbocycles. The predicted molar refractivity (Wildman–Crippen MR) is 98.6 cm³/mol. The third-order valence-corrected chi connectivity index (χ3v) is 4.94. The number of rotatable bonds is 6. The maximum absolute atomic E-state index is 6.25. The van der Waals surface area contributed by atoms with Gasteiger partial charge in [0.2, 0.25) is 5.89 Å². The van der Waals surface area contributed by atoms with Crippen LogP contribution in [0.4, 0.5) is 0 Å². The van der Waals surface area contributed by atoms with Crippen LogP contribution in [-0.2, 0) is 0 Å². The molecule has 1 unspecified atom stereocenters. The highest BCUT2D eigenvalue weighted by atomic mass is 35.5. The Labute approximate surface area is 155 Å². The van der Waals surface area contributed by atoms with Crippen molar-refractivity contribution in [2.45, 2.75) is 17.4 Å². The Balaban J connectivity index is 1.82. The topological polar surface area (TPSA) is 57.4 Å². The van der Waals surface area contributed by atoms with Crippen LogP contribution >= 0.6 is 23.4 Å². The SMILES string of the molecule is COc1cc(OC)cc(-c2nnc(SC(C)c3ccccc3Cl)o2)c1. The van der Waals surface area contributed by atoms with Gasteiger partial charge in [-0.3, -0.25) is 0 Å². The summed E-state index contributed by atoms with van der Waals surface area (Å²) in [5, 5.41) is 9.53. The number of thioether (sulfide) groups is 1. The standard InChI is InChI=1S/C18H17ClN2O3S/c1-11(15-6-4-5-7-16(15)19)25-18-21-20-17(24-18)12-8-13(22-2)10-14(9-12)23-3/h4-11H,1-3H3. The van der Waals surface area contributed by atoms with Gasteiger partial charge in [-0.2, -0.15) is 0 Å². The van der Waals surface area contributed by atoms with Crippen molar-refractivity contribution in [3.8, 4) is 23.0 Å². The Kier molecular flexibility index (Phi) is 5.50. The van der Waals surface area contributed by atoms with Gasteiger partial charge in [-0.25, -0.2) is 0 Å². The molecule has 2 aromatic carbocycles. The number of halogens is 1. The van der Waals surface area contributed by atoms with E-state index in [1.54, 1.807) is 20.3 Å². The van der Waals surface area contributed by atoms with Crippen molar-refractivity contribution < 1.29 is 13.9 Å². The Bertz CT molecular complexity index is 847. The van der Waals surface area contributed by atoms with E-state index in [2.05, 4.69) is 10.2 Å². The van der Waals surface area contributed by atoms with E-state index in [-0.39, 0.29) is 5.25 Å². The van der Waals surface area contributed by atoms with Crippen LogP contribution in [0.5, 0.6) is 11.5 Å². The molecular weight excluding hydrogens is 360 g/mol. The molecule has 5 nitrogen and oxygen atoms in total. The Morgan fingerprint density at radius 2 is 1.72 bits per heavy atom. The summed E-state index contributed by atoms with van der Waals surface area (Å²) in [4.78, 5) is 0. The van der Waals surface area contributed by atoms with Crippen molar-refractivity contribution in [3.63, 3.8) is 0 Å². The number of methoxy groups -OCH3 is 2. The van der Waals surface area contributed by atoms with E-state index < -0.39 is 0 Å². The van der Waals surface area contributed by atoms with Crippen LogP contribution in [0.25, 0.3) is 11.5 Å². The van der Waals surface area contributed by atoms with Crippen molar-refractivity contribution in [1.29, 1.82) is 0 Å². The highest BCUT2D eigenvalue weighted by Gasteiger charge is 2.17. The summed E-state index contributed by atoms with van der Waals surface area (Å²) in [6.07, 6.45) is 0. The number of nitrogens with zero attached hydrogens (tertiary/aromatic N) is 2. The van der Waals surface area contributed by atoms with E-state index in [9.17, 15) is 0 Å². The number of hydrogen-bond donors (Lipinski definition) is 0. The Morgan fingerprint density at radius 3 is 2.36 bits per heavy atom. The largest absolute Gasteiger partial charge is 0.497 e. The molecule has 25 heavy (non-hydrogen) atoms. The molecule has 0 aliphatic heterocycles. The molecule has 1 atom stereocenters. The summed E-state index contributed by atoms with van der Waals surface area (Å²) in [5.74, 6) is 1.73. The van der Waals surface area contributed by atoms with Gasteiger partial charge in [0.25, 0.3) is 5.22 Å². The van der Waals surface area contributed by atoms with Gasteiger partial charge in [0, 0.05) is 21.9 Å². The third-order valence-electron chi connectivity index (χ3n) is 3.63. The van der Waals surface area contributed by atoms with Crippen molar-refractivity contribution in [2.24, 2.45) is 0 Å². The van der Waals surface area contributed by atoms with Gasteiger partial charge in [0.1, 0.15) is 11.5 Å². The molecular formula is C18H17ClN2O3S.